The minimum Gasteiger partial charge on any atom is -0.772 e. The zero-order valence-electron chi connectivity index (χ0n) is 20.2. The van der Waals surface area contributed by atoms with E-state index < -0.39 is 27.6 Å². The van der Waals surface area contributed by atoms with Gasteiger partial charge in [0.15, 0.2) is 5.82 Å². The fraction of sp³-hybridized carbons (Fsp3) is 0.231. The number of nitrogens with zero attached hydrogens (tertiary/aromatic N) is 3. The van der Waals surface area contributed by atoms with Crippen LogP contribution in [0.3, 0.4) is 0 Å². The molecule has 0 radical (unpaired) electrons. The third-order valence-electron chi connectivity index (χ3n) is 6.52. The van der Waals surface area contributed by atoms with Crippen LogP contribution in [0.15, 0.2) is 53.2 Å². The van der Waals surface area contributed by atoms with E-state index in [1.807, 2.05) is 0 Å². The molecule has 2 atom stereocenters. The average Bonchev–Trinajstić information content (AvgIpc) is 3.50. The zero-order chi connectivity index (χ0) is 27.9. The first-order chi connectivity index (χ1) is 18.6. The number of carbonyl (C=O) groups excluding carboxylic acids is 1. The van der Waals surface area contributed by atoms with Crippen LogP contribution >= 0.6 is 34.8 Å². The SMILES string of the molecule is CC(c1ccc(CC(=O)Nc2cc(Cl)c(C3(c4noc(-c5ccc(F)cc5Cl)n4)CC3)c(Cl)c2)nc1)S(=O)[O-]. The quantitative estimate of drug-likeness (QED) is 0.229. The number of halogens is 4. The van der Waals surface area contributed by atoms with Gasteiger partial charge in [0.25, 0.3) is 5.89 Å². The first-order valence-corrected chi connectivity index (χ1v) is 14.0. The third-order valence-corrected chi connectivity index (χ3v) is 8.28. The lowest BCUT2D eigenvalue weighted by Gasteiger charge is -2.17. The largest absolute Gasteiger partial charge is 0.772 e. The van der Waals surface area contributed by atoms with Gasteiger partial charge in [0.05, 0.1) is 22.4 Å². The van der Waals surface area contributed by atoms with E-state index in [1.54, 1.807) is 31.2 Å². The number of anilines is 1. The van der Waals surface area contributed by atoms with Crippen molar-refractivity contribution in [2.45, 2.75) is 36.9 Å². The topological polar surface area (TPSA) is 121 Å². The van der Waals surface area contributed by atoms with Gasteiger partial charge in [-0.25, -0.2) is 4.39 Å². The molecule has 4 aromatic rings. The smallest absolute Gasteiger partial charge is 0.259 e. The van der Waals surface area contributed by atoms with Crippen molar-refractivity contribution >= 4 is 57.5 Å². The summed E-state index contributed by atoms with van der Waals surface area (Å²) in [5.74, 6) is -0.306. The molecule has 1 amide bonds. The minimum atomic E-state index is -2.26. The lowest BCUT2D eigenvalue weighted by molar-refractivity contribution is -0.115. The van der Waals surface area contributed by atoms with E-state index in [9.17, 15) is 17.9 Å². The molecule has 1 saturated carbocycles. The summed E-state index contributed by atoms with van der Waals surface area (Å²) in [7, 11) is 0. The number of pyridine rings is 1. The molecule has 1 aliphatic rings. The maximum absolute atomic E-state index is 13.4. The number of hydrogen-bond acceptors (Lipinski definition) is 7. The molecule has 2 heterocycles. The number of aromatic nitrogens is 3. The van der Waals surface area contributed by atoms with Crippen molar-refractivity contribution < 1.29 is 22.5 Å². The van der Waals surface area contributed by atoms with E-state index in [0.29, 0.717) is 56.8 Å². The number of nitrogens with one attached hydrogen (secondary N) is 1. The molecule has 2 aromatic heterocycles. The predicted molar refractivity (Wildman–Crippen MR) is 145 cm³/mol. The van der Waals surface area contributed by atoms with E-state index in [1.165, 1.54) is 18.3 Å². The molecular weight excluding hydrogens is 590 g/mol. The highest BCUT2D eigenvalue weighted by molar-refractivity contribution is 7.79. The summed E-state index contributed by atoms with van der Waals surface area (Å²) in [6.45, 7) is 1.55. The first-order valence-electron chi connectivity index (χ1n) is 11.7. The van der Waals surface area contributed by atoms with Gasteiger partial charge in [0, 0.05) is 38.4 Å². The van der Waals surface area contributed by atoms with Gasteiger partial charge < -0.3 is 14.4 Å². The average molecular weight is 609 g/mol. The molecule has 39 heavy (non-hydrogen) atoms. The highest BCUT2D eigenvalue weighted by Gasteiger charge is 2.52. The molecule has 5 rings (SSSR count). The zero-order valence-corrected chi connectivity index (χ0v) is 23.3. The Morgan fingerprint density at radius 2 is 1.87 bits per heavy atom. The van der Waals surface area contributed by atoms with Crippen LogP contribution in [0.1, 0.15) is 47.7 Å². The number of benzene rings is 2. The van der Waals surface area contributed by atoms with Crippen molar-refractivity contribution in [3.63, 3.8) is 0 Å². The van der Waals surface area contributed by atoms with Crippen molar-refractivity contribution in [3.8, 4) is 11.5 Å². The van der Waals surface area contributed by atoms with Crippen LogP contribution in [0.25, 0.3) is 11.5 Å². The van der Waals surface area contributed by atoms with Crippen molar-refractivity contribution in [1.29, 1.82) is 0 Å². The summed E-state index contributed by atoms with van der Waals surface area (Å²) in [6.07, 6.45) is 2.75. The molecule has 1 aliphatic carbocycles. The first kappa shape index (κ1) is 27.7. The van der Waals surface area contributed by atoms with Crippen molar-refractivity contribution in [2.75, 3.05) is 5.32 Å². The molecule has 202 valence electrons. The molecule has 0 aliphatic heterocycles. The molecule has 2 aromatic carbocycles. The second-order valence-corrected chi connectivity index (χ2v) is 11.6. The fourth-order valence-corrected chi connectivity index (χ4v) is 5.72. The highest BCUT2D eigenvalue weighted by Crippen LogP contribution is 2.57. The Kier molecular flexibility index (Phi) is 7.76. The second-order valence-electron chi connectivity index (χ2n) is 9.15. The highest BCUT2D eigenvalue weighted by atomic mass is 35.5. The molecule has 1 N–H and O–H groups in total. The Labute approximate surface area is 240 Å². The molecule has 13 heteroatoms. The van der Waals surface area contributed by atoms with Crippen molar-refractivity contribution in [3.05, 3.63) is 92.2 Å². The van der Waals surface area contributed by atoms with Crippen LogP contribution in [-0.4, -0.2) is 29.8 Å². The number of rotatable bonds is 8. The summed E-state index contributed by atoms with van der Waals surface area (Å²) in [5.41, 5.74) is 1.76. The van der Waals surface area contributed by atoms with Gasteiger partial charge in [-0.3, -0.25) is 14.0 Å². The summed E-state index contributed by atoms with van der Waals surface area (Å²) in [4.78, 5) is 21.3. The number of amides is 1. The van der Waals surface area contributed by atoms with Crippen molar-refractivity contribution in [2.24, 2.45) is 0 Å². The van der Waals surface area contributed by atoms with Gasteiger partial charge in [0.1, 0.15) is 5.82 Å². The van der Waals surface area contributed by atoms with Crippen LogP contribution < -0.4 is 5.32 Å². The summed E-state index contributed by atoms with van der Waals surface area (Å²) >= 11 is 17.2. The third kappa shape index (κ3) is 5.71. The molecular formula is C26H19Cl3FN4O4S-. The van der Waals surface area contributed by atoms with Gasteiger partial charge in [-0.1, -0.05) is 46.0 Å². The molecule has 0 spiro atoms. The summed E-state index contributed by atoms with van der Waals surface area (Å²) in [5, 5.41) is 6.98. The van der Waals surface area contributed by atoms with E-state index in [-0.39, 0.29) is 23.2 Å². The summed E-state index contributed by atoms with van der Waals surface area (Å²) in [6, 6.07) is 10.3. The van der Waals surface area contributed by atoms with E-state index >= 15 is 0 Å². The van der Waals surface area contributed by atoms with Crippen molar-refractivity contribution in [1.82, 2.24) is 15.1 Å². The van der Waals surface area contributed by atoms with Crippen LogP contribution in [0.2, 0.25) is 15.1 Å². The van der Waals surface area contributed by atoms with Gasteiger partial charge >= 0.3 is 0 Å². The summed E-state index contributed by atoms with van der Waals surface area (Å²) < 4.78 is 41.1. The Morgan fingerprint density at radius 3 is 2.46 bits per heavy atom. The predicted octanol–water partition coefficient (Wildman–Crippen LogP) is 6.43. The lowest BCUT2D eigenvalue weighted by atomic mass is 9.94. The standard InChI is InChI=1S/C26H20Cl3FN4O4S/c1-13(39(36)37)14-2-4-16(31-12-14)11-22(35)32-17-9-20(28)23(21(29)10-17)26(6-7-26)25-33-24(38-34-25)18-5-3-15(30)8-19(18)27/h2-5,8-10,12-13H,6-7,11H2,1H3,(H,32,35)(H,36,37)/p-1. The molecule has 1 fully saturated rings. The van der Waals surface area contributed by atoms with Gasteiger partial charge in [0.2, 0.25) is 5.91 Å². The van der Waals surface area contributed by atoms with Crippen LogP contribution in [0, 0.1) is 5.82 Å². The Bertz CT molecular complexity index is 1570. The number of carbonyl (C=O) groups is 1. The van der Waals surface area contributed by atoms with Gasteiger partial charge in [-0.15, -0.1) is 0 Å². The van der Waals surface area contributed by atoms with E-state index in [0.717, 1.165) is 6.07 Å². The fourth-order valence-electron chi connectivity index (χ4n) is 4.26. The molecule has 0 saturated heterocycles. The van der Waals surface area contributed by atoms with Gasteiger partial charge in [-0.2, -0.15) is 4.98 Å². The molecule has 8 nitrogen and oxygen atoms in total. The maximum atomic E-state index is 13.4. The molecule has 0 bridgehead atoms. The van der Waals surface area contributed by atoms with Crippen LogP contribution in [0.4, 0.5) is 10.1 Å². The van der Waals surface area contributed by atoms with Crippen LogP contribution in [0.5, 0.6) is 0 Å². The molecule has 2 unspecified atom stereocenters. The Morgan fingerprint density at radius 1 is 1.15 bits per heavy atom. The monoisotopic (exact) mass is 607 g/mol. The van der Waals surface area contributed by atoms with E-state index in [4.69, 9.17) is 39.3 Å². The Balaban J connectivity index is 1.32. The number of hydrogen-bond donors (Lipinski definition) is 1. The normalized spacial score (nSPS) is 15.5. The minimum absolute atomic E-state index is 0.0341. The second kappa shape index (κ2) is 10.9. The van der Waals surface area contributed by atoms with Gasteiger partial charge in [-0.05, 0) is 72.8 Å². The van der Waals surface area contributed by atoms with Crippen LogP contribution in [-0.2, 0) is 27.7 Å². The Hall–Kier alpha value is -2.89. The van der Waals surface area contributed by atoms with E-state index in [2.05, 4.69) is 20.4 Å². The maximum Gasteiger partial charge on any atom is 0.259 e. The lowest BCUT2D eigenvalue weighted by Crippen LogP contribution is -2.17.